The van der Waals surface area contributed by atoms with Crippen molar-refractivity contribution in [2.45, 2.75) is 39.3 Å². The van der Waals surface area contributed by atoms with Gasteiger partial charge in [-0.15, -0.1) is 0 Å². The summed E-state index contributed by atoms with van der Waals surface area (Å²) in [5.41, 5.74) is 0.697. The number of benzene rings is 2. The van der Waals surface area contributed by atoms with Crippen LogP contribution in [-0.4, -0.2) is 35.9 Å². The normalized spacial score (nSPS) is 11.6. The summed E-state index contributed by atoms with van der Waals surface area (Å²) in [6.07, 6.45) is 1.80. The first-order valence-electron chi connectivity index (χ1n) is 9.71. The summed E-state index contributed by atoms with van der Waals surface area (Å²) in [6.45, 7) is 4.04. The maximum atomic E-state index is 13.2. The molecule has 2 aromatic rings. The van der Waals surface area contributed by atoms with Crippen LogP contribution in [0, 0.1) is 5.82 Å². The van der Waals surface area contributed by atoms with Crippen molar-refractivity contribution >= 4 is 35.0 Å². The van der Waals surface area contributed by atoms with Crippen LogP contribution >= 0.6 is 23.2 Å². The van der Waals surface area contributed by atoms with E-state index in [0.29, 0.717) is 22.9 Å². The van der Waals surface area contributed by atoms with Gasteiger partial charge < -0.3 is 15.0 Å². The molecule has 2 aromatic carbocycles. The Hall–Kier alpha value is -2.31. The third-order valence-corrected chi connectivity index (χ3v) is 5.04. The van der Waals surface area contributed by atoms with Crippen molar-refractivity contribution in [2.75, 3.05) is 13.2 Å². The Morgan fingerprint density at radius 3 is 2.50 bits per heavy atom. The Morgan fingerprint density at radius 2 is 1.87 bits per heavy atom. The van der Waals surface area contributed by atoms with Gasteiger partial charge in [0.1, 0.15) is 17.6 Å². The van der Waals surface area contributed by atoms with E-state index in [1.54, 1.807) is 31.2 Å². The van der Waals surface area contributed by atoms with E-state index in [1.807, 2.05) is 6.92 Å². The number of halogens is 3. The Kier molecular flexibility index (Phi) is 9.40. The molecule has 0 aliphatic rings. The van der Waals surface area contributed by atoms with Crippen LogP contribution in [0.25, 0.3) is 0 Å². The maximum Gasteiger partial charge on any atom is 0.261 e. The van der Waals surface area contributed by atoms with Gasteiger partial charge in [-0.25, -0.2) is 4.39 Å². The lowest BCUT2D eigenvalue weighted by Crippen LogP contribution is -2.49. The van der Waals surface area contributed by atoms with Gasteiger partial charge in [-0.2, -0.15) is 0 Å². The average Bonchev–Trinajstić information content (AvgIpc) is 2.72. The zero-order valence-electron chi connectivity index (χ0n) is 17.0. The first-order valence-corrected chi connectivity index (χ1v) is 10.5. The summed E-state index contributed by atoms with van der Waals surface area (Å²) >= 11 is 12.0. The van der Waals surface area contributed by atoms with Crippen LogP contribution in [0.5, 0.6) is 5.75 Å². The highest BCUT2D eigenvalue weighted by atomic mass is 35.5. The number of hydrogen-bond donors (Lipinski definition) is 1. The smallest absolute Gasteiger partial charge is 0.261 e. The van der Waals surface area contributed by atoms with Crippen molar-refractivity contribution in [3.8, 4) is 5.75 Å². The summed E-state index contributed by atoms with van der Waals surface area (Å²) in [6, 6.07) is 9.74. The zero-order chi connectivity index (χ0) is 22.1. The van der Waals surface area contributed by atoms with E-state index in [9.17, 15) is 14.0 Å². The molecule has 0 radical (unpaired) electrons. The van der Waals surface area contributed by atoms with Gasteiger partial charge in [0.2, 0.25) is 5.91 Å². The molecule has 162 valence electrons. The fourth-order valence-corrected chi connectivity index (χ4v) is 3.18. The molecule has 8 heteroatoms. The standard InChI is InChI=1S/C22H25Cl2FN2O3/c1-3-4-11-26-22(29)15(2)27(13-16-5-8-18(25)9-6-16)21(28)14-30-20-10-7-17(23)12-19(20)24/h5-10,12,15H,3-4,11,13-14H2,1-2H3,(H,26,29). The predicted molar refractivity (Wildman–Crippen MR) is 116 cm³/mol. The molecule has 0 saturated carbocycles. The van der Waals surface area contributed by atoms with E-state index in [-0.39, 0.29) is 29.9 Å². The number of unbranched alkanes of at least 4 members (excludes halogenated alkanes) is 1. The SMILES string of the molecule is CCCCNC(=O)C(C)N(Cc1ccc(F)cc1)C(=O)COc1ccc(Cl)cc1Cl. The molecule has 0 aliphatic heterocycles. The molecule has 0 bridgehead atoms. The molecule has 0 aliphatic carbocycles. The summed E-state index contributed by atoms with van der Waals surface area (Å²) < 4.78 is 18.8. The fourth-order valence-electron chi connectivity index (χ4n) is 2.72. The molecule has 0 fully saturated rings. The van der Waals surface area contributed by atoms with E-state index < -0.39 is 11.9 Å². The van der Waals surface area contributed by atoms with Crippen LogP contribution in [0.15, 0.2) is 42.5 Å². The highest BCUT2D eigenvalue weighted by Crippen LogP contribution is 2.27. The molecule has 2 rings (SSSR count). The number of nitrogens with one attached hydrogen (secondary N) is 1. The van der Waals surface area contributed by atoms with Crippen LogP contribution in [0.1, 0.15) is 32.3 Å². The lowest BCUT2D eigenvalue weighted by Gasteiger charge is -2.28. The highest BCUT2D eigenvalue weighted by Gasteiger charge is 2.26. The number of amides is 2. The van der Waals surface area contributed by atoms with Gasteiger partial charge in [-0.05, 0) is 49.2 Å². The molecule has 0 saturated heterocycles. The number of carbonyl (C=O) groups is 2. The minimum Gasteiger partial charge on any atom is -0.482 e. The summed E-state index contributed by atoms with van der Waals surface area (Å²) in [7, 11) is 0. The molecular formula is C22H25Cl2FN2O3. The van der Waals surface area contributed by atoms with Gasteiger partial charge >= 0.3 is 0 Å². The third-order valence-electron chi connectivity index (χ3n) is 4.51. The van der Waals surface area contributed by atoms with Gasteiger partial charge in [0, 0.05) is 18.1 Å². The molecule has 2 amide bonds. The largest absolute Gasteiger partial charge is 0.482 e. The molecule has 30 heavy (non-hydrogen) atoms. The van der Waals surface area contributed by atoms with E-state index in [1.165, 1.54) is 23.1 Å². The van der Waals surface area contributed by atoms with Crippen LogP contribution < -0.4 is 10.1 Å². The third kappa shape index (κ3) is 7.18. The Balaban J connectivity index is 2.12. The summed E-state index contributed by atoms with van der Waals surface area (Å²) in [5, 5.41) is 3.57. The van der Waals surface area contributed by atoms with Crippen molar-refractivity contribution < 1.29 is 18.7 Å². The van der Waals surface area contributed by atoms with Crippen LogP contribution in [0.4, 0.5) is 4.39 Å². The van der Waals surface area contributed by atoms with E-state index in [4.69, 9.17) is 27.9 Å². The lowest BCUT2D eigenvalue weighted by molar-refractivity contribution is -0.142. The molecule has 0 spiro atoms. The zero-order valence-corrected chi connectivity index (χ0v) is 18.5. The van der Waals surface area contributed by atoms with Gasteiger partial charge in [0.05, 0.1) is 5.02 Å². The van der Waals surface area contributed by atoms with Crippen LogP contribution in [0.3, 0.4) is 0 Å². The molecular weight excluding hydrogens is 430 g/mol. The maximum absolute atomic E-state index is 13.2. The lowest BCUT2D eigenvalue weighted by atomic mass is 10.1. The second-order valence-electron chi connectivity index (χ2n) is 6.83. The molecule has 1 N–H and O–H groups in total. The minimum atomic E-state index is -0.733. The topological polar surface area (TPSA) is 58.6 Å². The van der Waals surface area contributed by atoms with E-state index in [2.05, 4.69) is 5.32 Å². The Labute approximate surface area is 186 Å². The fraction of sp³-hybridized carbons (Fsp3) is 0.364. The van der Waals surface area contributed by atoms with Gasteiger partial charge in [-0.3, -0.25) is 9.59 Å². The first-order chi connectivity index (χ1) is 14.3. The minimum absolute atomic E-state index is 0.138. The quantitative estimate of drug-likeness (QED) is 0.522. The second kappa shape index (κ2) is 11.8. The number of carbonyl (C=O) groups excluding carboxylic acids is 2. The van der Waals surface area contributed by atoms with Crippen LogP contribution in [0.2, 0.25) is 10.0 Å². The summed E-state index contributed by atoms with van der Waals surface area (Å²) in [5.74, 6) is -0.717. The number of nitrogens with zero attached hydrogens (tertiary/aromatic N) is 1. The molecule has 0 heterocycles. The van der Waals surface area contributed by atoms with Gasteiger partial charge in [0.25, 0.3) is 5.91 Å². The van der Waals surface area contributed by atoms with Crippen molar-refractivity contribution in [1.29, 1.82) is 0 Å². The van der Waals surface area contributed by atoms with Crippen molar-refractivity contribution in [3.63, 3.8) is 0 Å². The van der Waals surface area contributed by atoms with Crippen LogP contribution in [-0.2, 0) is 16.1 Å². The number of rotatable bonds is 10. The molecule has 0 aromatic heterocycles. The number of ether oxygens (including phenoxy) is 1. The second-order valence-corrected chi connectivity index (χ2v) is 7.68. The average molecular weight is 455 g/mol. The molecule has 5 nitrogen and oxygen atoms in total. The monoisotopic (exact) mass is 454 g/mol. The van der Waals surface area contributed by atoms with Crippen molar-refractivity contribution in [2.24, 2.45) is 0 Å². The van der Waals surface area contributed by atoms with Crippen molar-refractivity contribution in [3.05, 3.63) is 63.9 Å². The number of hydrogen-bond acceptors (Lipinski definition) is 3. The Bertz CT molecular complexity index is 862. The van der Waals surface area contributed by atoms with E-state index in [0.717, 1.165) is 12.8 Å². The van der Waals surface area contributed by atoms with Gasteiger partial charge in [-0.1, -0.05) is 48.7 Å². The Morgan fingerprint density at radius 1 is 1.17 bits per heavy atom. The highest BCUT2D eigenvalue weighted by molar-refractivity contribution is 6.35. The van der Waals surface area contributed by atoms with Crippen molar-refractivity contribution in [1.82, 2.24) is 10.2 Å². The molecule has 1 atom stereocenters. The first kappa shape index (κ1) is 24.0. The molecule has 1 unspecified atom stereocenters. The predicted octanol–water partition coefficient (Wildman–Crippen LogP) is 4.84. The van der Waals surface area contributed by atoms with E-state index >= 15 is 0 Å². The van der Waals surface area contributed by atoms with Gasteiger partial charge in [0.15, 0.2) is 6.61 Å². The summed E-state index contributed by atoms with van der Waals surface area (Å²) in [4.78, 5) is 26.9.